The Balaban J connectivity index is 1.75. The Morgan fingerprint density at radius 2 is 1.67 bits per heavy atom. The van der Waals surface area contributed by atoms with Gasteiger partial charge in [-0.25, -0.2) is 4.39 Å². The Bertz CT molecular complexity index is 1290. The Labute approximate surface area is 191 Å². The van der Waals surface area contributed by atoms with Crippen LogP contribution >= 0.6 is 0 Å². The molecule has 176 valence electrons. The highest BCUT2D eigenvalue weighted by molar-refractivity contribution is 5.81. The number of hydrogen-bond donors (Lipinski definition) is 4. The number of fused-ring (bicyclic) bond motifs is 1. The van der Waals surface area contributed by atoms with E-state index in [-0.39, 0.29) is 28.5 Å². The number of benzene rings is 1. The number of rotatable bonds is 5. The lowest BCUT2D eigenvalue weighted by Crippen LogP contribution is -2.39. The topological polar surface area (TPSA) is 104 Å². The summed E-state index contributed by atoms with van der Waals surface area (Å²) in [5, 5.41) is 19.4. The van der Waals surface area contributed by atoms with Gasteiger partial charge in [-0.2, -0.15) is 0 Å². The van der Waals surface area contributed by atoms with E-state index in [9.17, 15) is 19.1 Å². The van der Waals surface area contributed by atoms with Crippen LogP contribution in [0.3, 0.4) is 0 Å². The second-order valence-electron chi connectivity index (χ2n) is 10.0. The minimum Gasteiger partial charge on any atom is -0.464 e. The van der Waals surface area contributed by atoms with Gasteiger partial charge >= 0.3 is 0 Å². The van der Waals surface area contributed by atoms with Crippen molar-refractivity contribution in [3.63, 3.8) is 0 Å². The molecule has 0 spiro atoms. The minimum atomic E-state index is -1.09. The van der Waals surface area contributed by atoms with Gasteiger partial charge in [-0.05, 0) is 61.9 Å². The molecule has 2 aromatic carbocycles. The van der Waals surface area contributed by atoms with Crippen molar-refractivity contribution in [2.24, 2.45) is 5.41 Å². The first-order valence-corrected chi connectivity index (χ1v) is 11.0. The molecule has 3 aromatic rings. The molecule has 4 N–H and O–H groups in total. The van der Waals surface area contributed by atoms with Crippen LogP contribution in [0.5, 0.6) is 0 Å². The molecule has 3 atom stereocenters. The normalized spacial score (nSPS) is 19.1. The standard InChI is InChI=1S/C25H30FN3O4/c1-10-9-15(33-13(10)4)23(25(5,6)7)29-20-19(21(30)22(20)31)28-18-14(26)8-11(2)16-12(3)27-24(32)17(16)18/h8-9,12,23-24,27-29,32H,1-7H3/t12-,23+,24?/m1/s1. The van der Waals surface area contributed by atoms with E-state index in [2.05, 4.69) is 16.0 Å². The molecular formula is C25H30FN3O4. The molecule has 2 heterocycles. The molecule has 0 bridgehead atoms. The van der Waals surface area contributed by atoms with Crippen LogP contribution in [0.2, 0.25) is 0 Å². The van der Waals surface area contributed by atoms with Gasteiger partial charge in [-0.15, -0.1) is 0 Å². The minimum absolute atomic E-state index is 0.00732. The van der Waals surface area contributed by atoms with Crippen molar-refractivity contribution in [3.05, 3.63) is 72.2 Å². The third kappa shape index (κ3) is 3.77. The van der Waals surface area contributed by atoms with Gasteiger partial charge in [0.15, 0.2) is 0 Å². The number of aliphatic hydroxyl groups is 1. The number of hydrogen-bond acceptors (Lipinski definition) is 7. The summed E-state index contributed by atoms with van der Waals surface area (Å²) < 4.78 is 20.9. The van der Waals surface area contributed by atoms with Gasteiger partial charge in [-0.3, -0.25) is 14.9 Å². The monoisotopic (exact) mass is 455 g/mol. The smallest absolute Gasteiger partial charge is 0.253 e. The molecule has 1 unspecified atom stereocenters. The van der Waals surface area contributed by atoms with Crippen LogP contribution in [0.4, 0.5) is 21.5 Å². The highest BCUT2D eigenvalue weighted by Crippen LogP contribution is 2.43. The molecule has 0 fully saturated rings. The molecule has 8 heteroatoms. The number of aryl methyl sites for hydroxylation is 3. The van der Waals surface area contributed by atoms with E-state index >= 15 is 0 Å². The zero-order chi connectivity index (χ0) is 24.4. The number of aliphatic hydroxyl groups excluding tert-OH is 1. The first-order chi connectivity index (χ1) is 15.3. The van der Waals surface area contributed by atoms with Crippen LogP contribution in [0, 0.1) is 32.0 Å². The second-order valence-corrected chi connectivity index (χ2v) is 10.0. The predicted molar refractivity (Wildman–Crippen MR) is 126 cm³/mol. The number of anilines is 3. The molecule has 0 aliphatic carbocycles. The summed E-state index contributed by atoms with van der Waals surface area (Å²) in [6.07, 6.45) is -1.09. The SMILES string of the molecule is Cc1cc([C@H](Nc2c(Nc3c(F)cc(C)c4c3C(O)N[C@@H]4C)c(=O)c2=O)C(C)(C)C)oc1C. The van der Waals surface area contributed by atoms with Crippen LogP contribution in [-0.2, 0) is 0 Å². The molecular weight excluding hydrogens is 425 g/mol. The molecule has 0 radical (unpaired) electrons. The average Bonchev–Trinajstić information content (AvgIpc) is 3.19. The summed E-state index contributed by atoms with van der Waals surface area (Å²) in [7, 11) is 0. The van der Waals surface area contributed by atoms with Crippen LogP contribution < -0.4 is 26.8 Å². The van der Waals surface area contributed by atoms with Crippen molar-refractivity contribution in [1.29, 1.82) is 0 Å². The van der Waals surface area contributed by atoms with Crippen LogP contribution in [0.15, 0.2) is 26.1 Å². The molecule has 4 rings (SSSR count). The molecule has 0 saturated heterocycles. The first-order valence-electron chi connectivity index (χ1n) is 11.0. The maximum atomic E-state index is 15.0. The Morgan fingerprint density at radius 3 is 2.24 bits per heavy atom. The summed E-state index contributed by atoms with van der Waals surface area (Å²) in [5.74, 6) is 0.814. The van der Waals surface area contributed by atoms with Crippen molar-refractivity contribution in [3.8, 4) is 0 Å². The van der Waals surface area contributed by atoms with E-state index in [0.717, 1.165) is 16.9 Å². The molecule has 33 heavy (non-hydrogen) atoms. The fraction of sp³-hybridized carbons (Fsp3) is 0.440. The fourth-order valence-corrected chi connectivity index (χ4v) is 4.58. The highest BCUT2D eigenvalue weighted by atomic mass is 19.1. The Hall–Kier alpha value is -2.97. The summed E-state index contributed by atoms with van der Waals surface area (Å²) in [6.45, 7) is 13.4. The van der Waals surface area contributed by atoms with Crippen LogP contribution in [0.25, 0.3) is 0 Å². The van der Waals surface area contributed by atoms with Gasteiger partial charge in [0.1, 0.15) is 34.9 Å². The highest BCUT2D eigenvalue weighted by Gasteiger charge is 2.36. The Kier molecular flexibility index (Phi) is 5.49. The first kappa shape index (κ1) is 23.2. The second kappa shape index (κ2) is 7.81. The maximum absolute atomic E-state index is 15.0. The van der Waals surface area contributed by atoms with E-state index in [1.165, 1.54) is 6.07 Å². The summed E-state index contributed by atoms with van der Waals surface area (Å²) >= 11 is 0. The predicted octanol–water partition coefficient (Wildman–Crippen LogP) is 4.54. The number of nitrogens with one attached hydrogen (secondary N) is 3. The lowest BCUT2D eigenvalue weighted by atomic mass is 9.84. The average molecular weight is 456 g/mol. The van der Waals surface area contributed by atoms with Crippen molar-refractivity contribution in [1.82, 2.24) is 5.32 Å². The Morgan fingerprint density at radius 1 is 1.03 bits per heavy atom. The molecule has 0 saturated carbocycles. The van der Waals surface area contributed by atoms with Crippen molar-refractivity contribution in [2.75, 3.05) is 10.6 Å². The van der Waals surface area contributed by atoms with Gasteiger partial charge in [0, 0.05) is 11.6 Å². The summed E-state index contributed by atoms with van der Waals surface area (Å²) in [5.41, 5.74) is 1.08. The van der Waals surface area contributed by atoms with Gasteiger partial charge in [-0.1, -0.05) is 20.8 Å². The number of furan rings is 1. The maximum Gasteiger partial charge on any atom is 0.253 e. The van der Waals surface area contributed by atoms with Crippen LogP contribution in [-0.4, -0.2) is 5.11 Å². The number of halogens is 1. The van der Waals surface area contributed by atoms with Crippen molar-refractivity contribution >= 4 is 17.1 Å². The quantitative estimate of drug-likeness (QED) is 0.419. The van der Waals surface area contributed by atoms with Gasteiger partial charge in [0.05, 0.1) is 11.7 Å². The lowest BCUT2D eigenvalue weighted by Gasteiger charge is -2.32. The molecule has 1 aromatic heterocycles. The zero-order valence-electron chi connectivity index (χ0n) is 19.9. The lowest BCUT2D eigenvalue weighted by molar-refractivity contribution is 0.144. The molecule has 1 aliphatic heterocycles. The molecule has 7 nitrogen and oxygen atoms in total. The molecule has 0 amide bonds. The van der Waals surface area contributed by atoms with Crippen molar-refractivity contribution in [2.45, 2.75) is 66.8 Å². The van der Waals surface area contributed by atoms with Gasteiger partial charge in [0.2, 0.25) is 0 Å². The van der Waals surface area contributed by atoms with Gasteiger partial charge < -0.3 is 20.2 Å². The summed E-state index contributed by atoms with van der Waals surface area (Å²) in [6, 6.07) is 2.68. The van der Waals surface area contributed by atoms with Crippen LogP contribution in [0.1, 0.15) is 79.8 Å². The van der Waals surface area contributed by atoms with Gasteiger partial charge in [0.25, 0.3) is 10.9 Å². The largest absolute Gasteiger partial charge is 0.464 e. The van der Waals surface area contributed by atoms with E-state index in [0.29, 0.717) is 16.9 Å². The van der Waals surface area contributed by atoms with E-state index in [1.54, 1.807) is 6.92 Å². The zero-order valence-corrected chi connectivity index (χ0v) is 19.9. The molecule has 1 aliphatic rings. The van der Waals surface area contributed by atoms with E-state index in [1.807, 2.05) is 47.6 Å². The van der Waals surface area contributed by atoms with E-state index < -0.39 is 28.9 Å². The third-order valence-corrected chi connectivity index (χ3v) is 6.47. The van der Waals surface area contributed by atoms with Crippen molar-refractivity contribution < 1.29 is 13.9 Å². The fourth-order valence-electron chi connectivity index (χ4n) is 4.58. The third-order valence-electron chi connectivity index (χ3n) is 6.47. The van der Waals surface area contributed by atoms with E-state index in [4.69, 9.17) is 4.42 Å². The summed E-state index contributed by atoms with van der Waals surface area (Å²) in [4.78, 5) is 25.0.